The number of thiol groups is 1. The van der Waals surface area contributed by atoms with E-state index in [1.807, 2.05) is 18.2 Å². The van der Waals surface area contributed by atoms with Crippen molar-refractivity contribution in [2.45, 2.75) is 26.7 Å². The zero-order valence-corrected chi connectivity index (χ0v) is 12.1. The molecule has 1 aliphatic heterocycles. The van der Waals surface area contributed by atoms with Gasteiger partial charge in [0.2, 0.25) is 5.91 Å². The Labute approximate surface area is 118 Å². The molecule has 0 spiro atoms. The van der Waals surface area contributed by atoms with Gasteiger partial charge in [-0.2, -0.15) is 0 Å². The number of piperidine rings is 1. The van der Waals surface area contributed by atoms with Crippen LogP contribution in [0.2, 0.25) is 0 Å². The van der Waals surface area contributed by atoms with Crippen LogP contribution in [0.1, 0.15) is 25.3 Å². The summed E-state index contributed by atoms with van der Waals surface area (Å²) in [7, 11) is 0. The predicted octanol–water partition coefficient (Wildman–Crippen LogP) is 3.02. The number of benzene rings is 1. The maximum absolute atomic E-state index is 13.2. The molecule has 1 amide bonds. The first kappa shape index (κ1) is 14.3. The monoisotopic (exact) mass is 282 g/mol. The van der Waals surface area contributed by atoms with E-state index in [1.165, 1.54) is 12.1 Å². The predicted molar refractivity (Wildman–Crippen MR) is 77.7 cm³/mol. The fourth-order valence-electron chi connectivity index (χ4n) is 2.22. The molecular weight excluding hydrogens is 263 g/mol. The molecule has 1 aromatic carbocycles. The van der Waals surface area contributed by atoms with Crippen molar-refractivity contribution in [1.82, 2.24) is 4.31 Å². The van der Waals surface area contributed by atoms with E-state index in [9.17, 15) is 9.18 Å². The molecule has 2 rings (SSSR count). The Morgan fingerprint density at radius 1 is 1.42 bits per heavy atom. The van der Waals surface area contributed by atoms with Crippen LogP contribution in [-0.4, -0.2) is 23.3 Å². The molecule has 1 aliphatic rings. The molecule has 1 aromatic rings. The van der Waals surface area contributed by atoms with Crippen LogP contribution >= 0.6 is 12.8 Å². The highest BCUT2D eigenvalue weighted by molar-refractivity contribution is 7.77. The molecule has 0 bridgehead atoms. The average Bonchev–Trinajstić information content (AvgIpc) is 2.37. The Kier molecular flexibility index (Phi) is 4.16. The highest BCUT2D eigenvalue weighted by Gasteiger charge is 2.36. The lowest BCUT2D eigenvalue weighted by Crippen LogP contribution is -2.42. The van der Waals surface area contributed by atoms with Crippen molar-refractivity contribution in [2.24, 2.45) is 5.41 Å². The largest absolute Gasteiger partial charge is 0.325 e. The van der Waals surface area contributed by atoms with Crippen molar-refractivity contribution in [3.05, 3.63) is 29.6 Å². The standard InChI is InChI=1S/C14H19FN2OS/c1-10-3-4-11(15)9-12(10)16-13(18)14(2)5-7-17(19)8-6-14/h3-4,9,19H,5-8H2,1-2H3,(H,16,18). The zero-order valence-electron chi connectivity index (χ0n) is 11.2. The third-order valence-corrected chi connectivity index (χ3v) is 4.24. The lowest BCUT2D eigenvalue weighted by molar-refractivity contribution is -0.126. The van der Waals surface area contributed by atoms with Crippen LogP contribution in [-0.2, 0) is 4.79 Å². The maximum Gasteiger partial charge on any atom is 0.230 e. The summed E-state index contributed by atoms with van der Waals surface area (Å²) in [5, 5.41) is 2.85. The third kappa shape index (κ3) is 3.28. The first-order valence-corrected chi connectivity index (χ1v) is 6.82. The van der Waals surface area contributed by atoms with Crippen LogP contribution in [0.4, 0.5) is 10.1 Å². The summed E-state index contributed by atoms with van der Waals surface area (Å²) >= 11 is 4.29. The van der Waals surface area contributed by atoms with Gasteiger partial charge in [0.1, 0.15) is 5.82 Å². The van der Waals surface area contributed by atoms with Gasteiger partial charge < -0.3 is 5.32 Å². The van der Waals surface area contributed by atoms with Gasteiger partial charge in [0.15, 0.2) is 0 Å². The van der Waals surface area contributed by atoms with Gasteiger partial charge in [0, 0.05) is 24.2 Å². The molecule has 0 aliphatic carbocycles. The summed E-state index contributed by atoms with van der Waals surface area (Å²) < 4.78 is 15.1. The number of nitrogens with zero attached hydrogens (tertiary/aromatic N) is 1. The molecule has 1 N–H and O–H groups in total. The number of rotatable bonds is 2. The second kappa shape index (κ2) is 5.51. The van der Waals surface area contributed by atoms with Crippen LogP contribution in [0, 0.1) is 18.2 Å². The number of aryl methyl sites for hydroxylation is 1. The van der Waals surface area contributed by atoms with Crippen LogP contribution in [0.5, 0.6) is 0 Å². The van der Waals surface area contributed by atoms with Gasteiger partial charge in [-0.25, -0.2) is 4.39 Å². The summed E-state index contributed by atoms with van der Waals surface area (Å²) in [6.07, 6.45) is 1.52. The van der Waals surface area contributed by atoms with Crippen LogP contribution in [0.15, 0.2) is 18.2 Å². The van der Waals surface area contributed by atoms with Crippen LogP contribution in [0.25, 0.3) is 0 Å². The number of hydrogen-bond acceptors (Lipinski definition) is 3. The summed E-state index contributed by atoms with van der Waals surface area (Å²) in [4.78, 5) is 12.4. The van der Waals surface area contributed by atoms with Crippen LogP contribution < -0.4 is 5.32 Å². The van der Waals surface area contributed by atoms with Gasteiger partial charge in [0.25, 0.3) is 0 Å². The maximum atomic E-state index is 13.2. The van der Waals surface area contributed by atoms with E-state index in [-0.39, 0.29) is 11.7 Å². The second-order valence-corrected chi connectivity index (χ2v) is 5.99. The number of anilines is 1. The lowest BCUT2D eigenvalue weighted by atomic mass is 9.80. The van der Waals surface area contributed by atoms with E-state index < -0.39 is 5.41 Å². The second-order valence-electron chi connectivity index (χ2n) is 5.43. The first-order valence-electron chi connectivity index (χ1n) is 6.42. The molecule has 0 radical (unpaired) electrons. The smallest absolute Gasteiger partial charge is 0.230 e. The molecule has 0 saturated carbocycles. The van der Waals surface area contributed by atoms with Gasteiger partial charge in [-0.15, -0.1) is 0 Å². The Bertz CT molecular complexity index is 484. The molecule has 104 valence electrons. The quantitative estimate of drug-likeness (QED) is 0.817. The summed E-state index contributed by atoms with van der Waals surface area (Å²) in [5.74, 6) is -0.376. The van der Waals surface area contributed by atoms with E-state index in [2.05, 4.69) is 18.1 Å². The van der Waals surface area contributed by atoms with Crippen molar-refractivity contribution >= 4 is 24.4 Å². The number of halogens is 1. The minimum Gasteiger partial charge on any atom is -0.325 e. The number of hydrogen-bond donors (Lipinski definition) is 2. The molecule has 0 atom stereocenters. The molecule has 1 saturated heterocycles. The van der Waals surface area contributed by atoms with Gasteiger partial charge in [-0.05, 0) is 37.5 Å². The van der Waals surface area contributed by atoms with Gasteiger partial charge in [-0.1, -0.05) is 25.8 Å². The highest BCUT2D eigenvalue weighted by atomic mass is 32.1. The first-order chi connectivity index (χ1) is 8.90. The number of nitrogens with one attached hydrogen (secondary N) is 1. The van der Waals surface area contributed by atoms with Crippen molar-refractivity contribution < 1.29 is 9.18 Å². The molecular formula is C14H19FN2OS. The summed E-state index contributed by atoms with van der Waals surface area (Å²) in [6.45, 7) is 5.38. The highest BCUT2D eigenvalue weighted by Crippen LogP contribution is 2.33. The van der Waals surface area contributed by atoms with Gasteiger partial charge >= 0.3 is 0 Å². The number of carbonyl (C=O) groups excluding carboxylic acids is 1. The molecule has 1 heterocycles. The number of carbonyl (C=O) groups is 1. The fraction of sp³-hybridized carbons (Fsp3) is 0.500. The van der Waals surface area contributed by atoms with Crippen molar-refractivity contribution in [1.29, 1.82) is 0 Å². The van der Waals surface area contributed by atoms with E-state index in [1.54, 1.807) is 6.07 Å². The third-order valence-electron chi connectivity index (χ3n) is 3.84. The average molecular weight is 282 g/mol. The normalized spacial score (nSPS) is 19.2. The molecule has 0 unspecified atom stereocenters. The Balaban J connectivity index is 2.10. The van der Waals surface area contributed by atoms with E-state index in [0.717, 1.165) is 31.5 Å². The number of amides is 1. The van der Waals surface area contributed by atoms with Crippen LogP contribution in [0.3, 0.4) is 0 Å². The van der Waals surface area contributed by atoms with Gasteiger partial charge in [-0.3, -0.25) is 9.10 Å². The summed E-state index contributed by atoms with van der Waals surface area (Å²) in [6, 6.07) is 4.43. The lowest BCUT2D eigenvalue weighted by Gasteiger charge is -2.35. The van der Waals surface area contributed by atoms with Crippen molar-refractivity contribution in [3.8, 4) is 0 Å². The molecule has 19 heavy (non-hydrogen) atoms. The molecule has 0 aromatic heterocycles. The van der Waals surface area contributed by atoms with E-state index in [0.29, 0.717) is 5.69 Å². The van der Waals surface area contributed by atoms with E-state index in [4.69, 9.17) is 0 Å². The minimum atomic E-state index is -0.405. The Morgan fingerprint density at radius 2 is 2.05 bits per heavy atom. The Morgan fingerprint density at radius 3 is 2.68 bits per heavy atom. The van der Waals surface area contributed by atoms with Crippen molar-refractivity contribution in [2.75, 3.05) is 18.4 Å². The molecule has 1 fully saturated rings. The van der Waals surface area contributed by atoms with Crippen molar-refractivity contribution in [3.63, 3.8) is 0 Å². The minimum absolute atomic E-state index is 0.0392. The fourth-order valence-corrected chi connectivity index (χ4v) is 2.42. The summed E-state index contributed by atoms with van der Waals surface area (Å²) in [5.41, 5.74) is 1.02. The SMILES string of the molecule is Cc1ccc(F)cc1NC(=O)C1(C)CCN(S)CC1. The molecule has 3 nitrogen and oxygen atoms in total. The Hall–Kier alpha value is -1.07. The topological polar surface area (TPSA) is 32.3 Å². The zero-order chi connectivity index (χ0) is 14.0. The molecule has 5 heteroatoms. The van der Waals surface area contributed by atoms with E-state index >= 15 is 0 Å². The van der Waals surface area contributed by atoms with Gasteiger partial charge in [0.05, 0.1) is 0 Å².